The Balaban J connectivity index is 2.03. The van der Waals surface area contributed by atoms with Crippen molar-refractivity contribution in [2.45, 2.75) is 71.8 Å². The van der Waals surface area contributed by atoms with E-state index in [1.165, 1.54) is 17.6 Å². The van der Waals surface area contributed by atoms with Gasteiger partial charge in [0.15, 0.2) is 11.5 Å². The van der Waals surface area contributed by atoms with E-state index in [4.69, 9.17) is 4.74 Å². The van der Waals surface area contributed by atoms with Gasteiger partial charge >= 0.3 is 0 Å². The number of hydrogen-bond donors (Lipinski definition) is 2. The standard InChI is InChI=1S/C20H28O3/c1-4-5-6-7-14-11-17(21)18-16-10-12(2)8-9-15(16)13(3)23-20(18)19(14)22/h11-13,21-22H,4-10H2,1-3H3. The molecule has 2 atom stereocenters. The molecule has 0 spiro atoms. The second-order valence-corrected chi connectivity index (χ2v) is 7.18. The van der Waals surface area contributed by atoms with Crippen LogP contribution < -0.4 is 4.74 Å². The van der Waals surface area contributed by atoms with Crippen molar-refractivity contribution in [3.05, 3.63) is 22.8 Å². The summed E-state index contributed by atoms with van der Waals surface area (Å²) < 4.78 is 6.03. The molecule has 0 aromatic heterocycles. The molecule has 2 N–H and O–H groups in total. The topological polar surface area (TPSA) is 49.7 Å². The molecule has 2 aliphatic rings. The number of aromatic hydroxyl groups is 2. The summed E-state index contributed by atoms with van der Waals surface area (Å²) >= 11 is 0. The normalized spacial score (nSPS) is 23.3. The Kier molecular flexibility index (Phi) is 4.56. The summed E-state index contributed by atoms with van der Waals surface area (Å²) in [5.74, 6) is 1.60. The van der Waals surface area contributed by atoms with Crippen LogP contribution >= 0.6 is 0 Å². The van der Waals surface area contributed by atoms with Gasteiger partial charge in [-0.05, 0) is 62.2 Å². The van der Waals surface area contributed by atoms with Crippen molar-refractivity contribution in [2.75, 3.05) is 0 Å². The molecule has 1 aliphatic heterocycles. The minimum absolute atomic E-state index is 0.0128. The molecule has 0 radical (unpaired) electrons. The highest BCUT2D eigenvalue weighted by Gasteiger charge is 2.34. The van der Waals surface area contributed by atoms with Crippen LogP contribution in [0.1, 0.15) is 70.4 Å². The summed E-state index contributed by atoms with van der Waals surface area (Å²) in [6.07, 6.45) is 7.20. The van der Waals surface area contributed by atoms with E-state index in [2.05, 4.69) is 20.8 Å². The molecule has 2 unspecified atom stereocenters. The quantitative estimate of drug-likeness (QED) is 0.594. The summed E-state index contributed by atoms with van der Waals surface area (Å²) in [6.45, 7) is 6.46. The Bertz CT molecular complexity index is 630. The Morgan fingerprint density at radius 3 is 2.74 bits per heavy atom. The predicted octanol–water partition coefficient (Wildman–Crippen LogP) is 5.19. The molecule has 126 valence electrons. The van der Waals surface area contributed by atoms with Gasteiger partial charge in [0.1, 0.15) is 11.9 Å². The van der Waals surface area contributed by atoms with E-state index in [-0.39, 0.29) is 17.6 Å². The van der Waals surface area contributed by atoms with Crippen LogP contribution in [0.4, 0.5) is 0 Å². The fourth-order valence-corrected chi connectivity index (χ4v) is 3.94. The second kappa shape index (κ2) is 6.46. The first kappa shape index (κ1) is 16.2. The number of hydrogen-bond acceptors (Lipinski definition) is 3. The number of phenols is 2. The maximum Gasteiger partial charge on any atom is 0.173 e. The highest BCUT2D eigenvalue weighted by atomic mass is 16.5. The molecule has 0 amide bonds. The average molecular weight is 316 g/mol. The van der Waals surface area contributed by atoms with Crippen LogP contribution in [0.15, 0.2) is 11.6 Å². The first-order chi connectivity index (χ1) is 11.0. The molecule has 1 aromatic rings. The van der Waals surface area contributed by atoms with Crippen LogP contribution in [0.25, 0.3) is 5.57 Å². The molecule has 3 rings (SSSR count). The molecule has 0 fully saturated rings. The van der Waals surface area contributed by atoms with Gasteiger partial charge in [0.05, 0.1) is 5.56 Å². The Morgan fingerprint density at radius 1 is 1.22 bits per heavy atom. The van der Waals surface area contributed by atoms with Crippen LogP contribution in [0.5, 0.6) is 17.2 Å². The van der Waals surface area contributed by atoms with Crippen LogP contribution in [0.2, 0.25) is 0 Å². The summed E-state index contributed by atoms with van der Waals surface area (Å²) in [5.41, 5.74) is 4.03. The molecular weight excluding hydrogens is 288 g/mol. The molecule has 3 nitrogen and oxygen atoms in total. The molecule has 1 aliphatic carbocycles. The lowest BCUT2D eigenvalue weighted by atomic mass is 9.78. The SMILES string of the molecule is CCCCCc1cc(O)c2c(c1O)OC(C)C1=C2CC(C)CC1. The van der Waals surface area contributed by atoms with Crippen molar-refractivity contribution >= 4 is 5.57 Å². The summed E-state index contributed by atoms with van der Waals surface area (Å²) in [6, 6.07) is 1.74. The lowest BCUT2D eigenvalue weighted by Crippen LogP contribution is -2.25. The Labute approximate surface area is 139 Å². The molecule has 0 saturated carbocycles. The maximum absolute atomic E-state index is 10.7. The smallest absolute Gasteiger partial charge is 0.173 e. The number of unbranched alkanes of at least 4 members (excludes halogenated alkanes) is 2. The molecule has 1 aromatic carbocycles. The zero-order chi connectivity index (χ0) is 16.6. The van der Waals surface area contributed by atoms with Crippen molar-refractivity contribution in [2.24, 2.45) is 5.92 Å². The summed E-state index contributed by atoms with van der Waals surface area (Å²) in [4.78, 5) is 0. The van der Waals surface area contributed by atoms with Gasteiger partial charge in [-0.1, -0.05) is 26.7 Å². The number of ether oxygens (including phenoxy) is 1. The van der Waals surface area contributed by atoms with Gasteiger partial charge < -0.3 is 14.9 Å². The minimum Gasteiger partial charge on any atom is -0.507 e. The van der Waals surface area contributed by atoms with Gasteiger partial charge in [0.25, 0.3) is 0 Å². The highest BCUT2D eigenvalue weighted by Crippen LogP contribution is 2.52. The van der Waals surface area contributed by atoms with Gasteiger partial charge in [-0.15, -0.1) is 0 Å². The number of aryl methyl sites for hydroxylation is 1. The molecule has 3 heteroatoms. The van der Waals surface area contributed by atoms with Gasteiger partial charge in [-0.3, -0.25) is 0 Å². The van der Waals surface area contributed by atoms with Crippen LogP contribution in [-0.4, -0.2) is 16.3 Å². The van der Waals surface area contributed by atoms with Crippen LogP contribution in [0.3, 0.4) is 0 Å². The zero-order valence-corrected chi connectivity index (χ0v) is 14.5. The first-order valence-corrected chi connectivity index (χ1v) is 8.99. The van der Waals surface area contributed by atoms with Crippen LogP contribution in [-0.2, 0) is 6.42 Å². The Morgan fingerprint density at radius 2 is 2.00 bits per heavy atom. The molecule has 0 saturated heterocycles. The van der Waals surface area contributed by atoms with E-state index in [1.54, 1.807) is 6.07 Å². The van der Waals surface area contributed by atoms with E-state index in [0.29, 0.717) is 11.7 Å². The van der Waals surface area contributed by atoms with Gasteiger partial charge in [0, 0.05) is 5.56 Å². The van der Waals surface area contributed by atoms with Crippen LogP contribution in [0, 0.1) is 5.92 Å². The highest BCUT2D eigenvalue weighted by molar-refractivity contribution is 5.83. The number of benzene rings is 1. The molecule has 1 heterocycles. The van der Waals surface area contributed by atoms with E-state index < -0.39 is 0 Å². The average Bonchev–Trinajstić information content (AvgIpc) is 2.51. The summed E-state index contributed by atoms with van der Waals surface area (Å²) in [7, 11) is 0. The largest absolute Gasteiger partial charge is 0.507 e. The number of allylic oxidation sites excluding steroid dienone is 1. The summed E-state index contributed by atoms with van der Waals surface area (Å²) in [5, 5.41) is 21.3. The Hall–Kier alpha value is -1.64. The minimum atomic E-state index is -0.0128. The van der Waals surface area contributed by atoms with Gasteiger partial charge in [0.2, 0.25) is 0 Å². The van der Waals surface area contributed by atoms with E-state index in [0.717, 1.165) is 49.7 Å². The molecule has 23 heavy (non-hydrogen) atoms. The predicted molar refractivity (Wildman–Crippen MR) is 93.0 cm³/mol. The van der Waals surface area contributed by atoms with Crippen molar-refractivity contribution in [3.63, 3.8) is 0 Å². The number of fused-ring (bicyclic) bond motifs is 2. The third-order valence-electron chi connectivity index (χ3n) is 5.30. The van der Waals surface area contributed by atoms with Crippen molar-refractivity contribution in [1.82, 2.24) is 0 Å². The lowest BCUT2D eigenvalue weighted by Gasteiger charge is -2.35. The molecule has 0 bridgehead atoms. The fraction of sp³-hybridized carbons (Fsp3) is 0.600. The second-order valence-electron chi connectivity index (χ2n) is 7.18. The van der Waals surface area contributed by atoms with E-state index in [1.807, 2.05) is 0 Å². The van der Waals surface area contributed by atoms with Gasteiger partial charge in [-0.2, -0.15) is 0 Å². The van der Waals surface area contributed by atoms with Crippen molar-refractivity contribution in [3.8, 4) is 17.2 Å². The van der Waals surface area contributed by atoms with Gasteiger partial charge in [-0.25, -0.2) is 0 Å². The zero-order valence-electron chi connectivity index (χ0n) is 14.5. The monoisotopic (exact) mass is 316 g/mol. The first-order valence-electron chi connectivity index (χ1n) is 8.99. The third-order valence-corrected chi connectivity index (χ3v) is 5.30. The lowest BCUT2D eigenvalue weighted by molar-refractivity contribution is 0.227. The van der Waals surface area contributed by atoms with Crippen molar-refractivity contribution in [1.29, 1.82) is 0 Å². The molecular formula is C20H28O3. The number of phenolic OH excluding ortho intramolecular Hbond substituents is 2. The maximum atomic E-state index is 10.7. The van der Waals surface area contributed by atoms with E-state index >= 15 is 0 Å². The fourth-order valence-electron chi connectivity index (χ4n) is 3.94. The van der Waals surface area contributed by atoms with E-state index in [9.17, 15) is 10.2 Å². The van der Waals surface area contributed by atoms with Crippen molar-refractivity contribution < 1.29 is 14.9 Å². The third kappa shape index (κ3) is 2.93. The number of rotatable bonds is 4.